The van der Waals surface area contributed by atoms with E-state index < -0.39 is 13.3 Å². The summed E-state index contributed by atoms with van der Waals surface area (Å²) in [5.41, 5.74) is 8.85. The number of hydrogen-bond acceptors (Lipinski definition) is 6. The van der Waals surface area contributed by atoms with Gasteiger partial charge in [-0.3, -0.25) is 9.36 Å². The van der Waals surface area contributed by atoms with Gasteiger partial charge in [0.1, 0.15) is 5.75 Å². The smallest absolute Gasteiger partial charge is 0.278 e. The Bertz CT molecular complexity index is 1060. The number of nitrogens with two attached hydrogens (primary N) is 1. The molecule has 150 valence electrons. The molecule has 3 rings (SSSR count). The molecule has 2 aromatic carbocycles. The number of nitrogens with zero attached hydrogens (tertiary/aromatic N) is 2. The van der Waals surface area contributed by atoms with Gasteiger partial charge in [0.2, 0.25) is 7.37 Å². The van der Waals surface area contributed by atoms with Gasteiger partial charge in [-0.15, -0.1) is 0 Å². The first kappa shape index (κ1) is 20.5. The Morgan fingerprint density at radius 3 is 2.45 bits per heavy atom. The predicted octanol–water partition coefficient (Wildman–Crippen LogP) is 3.52. The number of ether oxygens (including phenoxy) is 1. The third kappa shape index (κ3) is 5.63. The third-order valence-corrected chi connectivity index (χ3v) is 4.55. The number of aromatic nitrogens is 2. The predicted molar refractivity (Wildman–Crippen MR) is 112 cm³/mol. The zero-order valence-corrected chi connectivity index (χ0v) is 16.9. The topological polar surface area (TPSA) is 127 Å². The molecule has 1 atom stereocenters. The van der Waals surface area contributed by atoms with Crippen molar-refractivity contribution in [2.24, 2.45) is 0 Å². The number of rotatable bonds is 6. The van der Waals surface area contributed by atoms with E-state index in [1.54, 1.807) is 24.3 Å². The molecule has 0 aliphatic rings. The van der Waals surface area contributed by atoms with Crippen LogP contribution in [-0.4, -0.2) is 33.8 Å². The number of hydrogen-bond donors (Lipinski definition) is 3. The molecule has 0 radical (unpaired) electrons. The van der Waals surface area contributed by atoms with Gasteiger partial charge in [0.05, 0.1) is 11.9 Å². The van der Waals surface area contributed by atoms with Crippen molar-refractivity contribution in [1.82, 2.24) is 9.97 Å². The molecule has 0 saturated carbocycles. The van der Waals surface area contributed by atoms with Gasteiger partial charge in [-0.2, -0.15) is 0 Å². The van der Waals surface area contributed by atoms with Crippen molar-refractivity contribution in [3.63, 3.8) is 0 Å². The zero-order valence-electron chi connectivity index (χ0n) is 16.0. The van der Waals surface area contributed by atoms with Gasteiger partial charge in [0.15, 0.2) is 17.9 Å². The van der Waals surface area contributed by atoms with Crippen LogP contribution in [0.5, 0.6) is 5.75 Å². The molecule has 9 heteroatoms. The van der Waals surface area contributed by atoms with E-state index in [-0.39, 0.29) is 17.9 Å². The summed E-state index contributed by atoms with van der Waals surface area (Å²) in [4.78, 5) is 30.3. The van der Waals surface area contributed by atoms with Crippen LogP contribution in [0.15, 0.2) is 54.7 Å². The lowest BCUT2D eigenvalue weighted by atomic mass is 10.1. The molecule has 0 aliphatic carbocycles. The van der Waals surface area contributed by atoms with Crippen molar-refractivity contribution >= 4 is 24.8 Å². The molecule has 1 aromatic heterocycles. The second kappa shape index (κ2) is 8.43. The highest BCUT2D eigenvalue weighted by Gasteiger charge is 2.15. The van der Waals surface area contributed by atoms with Gasteiger partial charge >= 0.3 is 0 Å². The van der Waals surface area contributed by atoms with Crippen molar-refractivity contribution < 1.29 is 19.0 Å². The van der Waals surface area contributed by atoms with Crippen molar-refractivity contribution in [3.05, 3.63) is 66.0 Å². The first-order valence-corrected chi connectivity index (χ1v) is 11.0. The Kier molecular flexibility index (Phi) is 5.96. The molecule has 1 unspecified atom stereocenters. The van der Waals surface area contributed by atoms with E-state index in [1.807, 2.05) is 31.2 Å². The molecule has 1 amide bonds. The van der Waals surface area contributed by atoms with Crippen LogP contribution in [0.1, 0.15) is 16.1 Å². The number of carbonyl (C=O) groups excluding carboxylic acids is 1. The number of anilines is 2. The van der Waals surface area contributed by atoms with Gasteiger partial charge in [0, 0.05) is 17.9 Å². The summed E-state index contributed by atoms with van der Waals surface area (Å²) in [6.07, 6.45) is 1.24. The second-order valence-corrected chi connectivity index (χ2v) is 9.02. The van der Waals surface area contributed by atoms with Crippen molar-refractivity contribution in [3.8, 4) is 17.0 Å². The van der Waals surface area contributed by atoms with Crippen molar-refractivity contribution in [1.29, 1.82) is 0 Å². The van der Waals surface area contributed by atoms with Crippen molar-refractivity contribution in [2.45, 2.75) is 6.92 Å². The van der Waals surface area contributed by atoms with Crippen molar-refractivity contribution in [2.75, 3.05) is 24.1 Å². The fourth-order valence-electron chi connectivity index (χ4n) is 2.45. The molecule has 0 spiro atoms. The summed E-state index contributed by atoms with van der Waals surface area (Å²) in [6, 6.07) is 14.1. The molecule has 0 aliphatic heterocycles. The maximum Gasteiger partial charge on any atom is 0.278 e. The van der Waals surface area contributed by atoms with Gasteiger partial charge in [-0.1, -0.05) is 29.8 Å². The van der Waals surface area contributed by atoms with E-state index in [1.165, 1.54) is 12.9 Å². The summed E-state index contributed by atoms with van der Waals surface area (Å²) in [6.45, 7) is 3.20. The van der Waals surface area contributed by atoms with Crippen LogP contribution in [0.4, 0.5) is 11.5 Å². The van der Waals surface area contributed by atoms with Crippen LogP contribution in [-0.2, 0) is 4.57 Å². The zero-order chi connectivity index (χ0) is 21.0. The molecule has 3 aromatic rings. The largest absolute Gasteiger partial charge is 0.484 e. The lowest BCUT2D eigenvalue weighted by Crippen LogP contribution is -2.17. The number of amides is 1. The first-order valence-electron chi connectivity index (χ1n) is 8.74. The molecule has 0 saturated heterocycles. The van der Waals surface area contributed by atoms with Gasteiger partial charge in [-0.05, 0) is 31.2 Å². The normalized spacial score (nSPS) is 12.8. The van der Waals surface area contributed by atoms with E-state index in [0.29, 0.717) is 17.1 Å². The van der Waals surface area contributed by atoms with E-state index in [9.17, 15) is 14.3 Å². The van der Waals surface area contributed by atoms with Crippen LogP contribution < -0.4 is 15.8 Å². The number of nitrogens with one attached hydrogen (secondary N) is 1. The number of aryl methyl sites for hydroxylation is 1. The average molecular weight is 412 g/mol. The molecular formula is C20H21N4O4P. The SMILES string of the molecule is Cc1ccc(-c2cnc(N)c(C(=O)Nc3ccc(OCP(C)(=O)O)cc3)n2)cc1. The van der Waals surface area contributed by atoms with Crippen LogP contribution in [0.3, 0.4) is 0 Å². The van der Waals surface area contributed by atoms with E-state index in [0.717, 1.165) is 11.1 Å². The number of benzene rings is 2. The van der Waals surface area contributed by atoms with Crippen LogP contribution in [0.25, 0.3) is 11.3 Å². The molecule has 4 N–H and O–H groups in total. The van der Waals surface area contributed by atoms with Gasteiger partial charge in [-0.25, -0.2) is 9.97 Å². The molecule has 1 heterocycles. The monoisotopic (exact) mass is 412 g/mol. The van der Waals surface area contributed by atoms with Crippen LogP contribution in [0.2, 0.25) is 0 Å². The molecule has 0 fully saturated rings. The number of carbonyl (C=O) groups is 1. The minimum absolute atomic E-state index is 0.0237. The van der Waals surface area contributed by atoms with E-state index in [4.69, 9.17) is 10.5 Å². The van der Waals surface area contributed by atoms with E-state index in [2.05, 4.69) is 15.3 Å². The fraction of sp³-hybridized carbons (Fsp3) is 0.150. The van der Waals surface area contributed by atoms with Gasteiger partial charge < -0.3 is 20.7 Å². The second-order valence-electron chi connectivity index (χ2n) is 6.66. The highest BCUT2D eigenvalue weighted by molar-refractivity contribution is 7.56. The third-order valence-electron chi connectivity index (χ3n) is 3.95. The summed E-state index contributed by atoms with van der Waals surface area (Å²) in [5.74, 6) is -0.0502. The van der Waals surface area contributed by atoms with Gasteiger partial charge in [0.25, 0.3) is 5.91 Å². The Morgan fingerprint density at radius 2 is 1.83 bits per heavy atom. The summed E-state index contributed by atoms with van der Waals surface area (Å²) in [5, 5.41) is 2.71. The summed E-state index contributed by atoms with van der Waals surface area (Å²) >= 11 is 0. The highest BCUT2D eigenvalue weighted by atomic mass is 31.2. The minimum Gasteiger partial charge on any atom is -0.484 e. The molecule has 0 bridgehead atoms. The van der Waals surface area contributed by atoms with Crippen LogP contribution >= 0.6 is 7.37 Å². The standard InChI is InChI=1S/C20H21N4O4P/c1-13-3-5-14(6-4-13)17-11-22-19(21)18(24-17)20(25)23-15-7-9-16(10-8-15)28-12-29(2,26)27/h3-11H,12H2,1-2H3,(H2,21,22)(H,23,25)(H,26,27). The summed E-state index contributed by atoms with van der Waals surface area (Å²) in [7, 11) is -3.27. The fourth-order valence-corrected chi connectivity index (χ4v) is 2.84. The summed E-state index contributed by atoms with van der Waals surface area (Å²) < 4.78 is 16.5. The molecule has 8 nitrogen and oxygen atoms in total. The lowest BCUT2D eigenvalue weighted by molar-refractivity contribution is 0.102. The Labute approximate surface area is 168 Å². The molecule has 29 heavy (non-hydrogen) atoms. The Morgan fingerprint density at radius 1 is 1.17 bits per heavy atom. The molecular weight excluding hydrogens is 391 g/mol. The first-order chi connectivity index (χ1) is 13.7. The maximum absolute atomic E-state index is 12.6. The average Bonchev–Trinajstić information content (AvgIpc) is 2.68. The highest BCUT2D eigenvalue weighted by Crippen LogP contribution is 2.35. The Hall–Kier alpha value is -3.22. The Balaban J connectivity index is 1.74. The lowest BCUT2D eigenvalue weighted by Gasteiger charge is -2.10. The minimum atomic E-state index is -3.27. The van der Waals surface area contributed by atoms with E-state index >= 15 is 0 Å². The number of nitrogen functional groups attached to an aromatic ring is 1. The maximum atomic E-state index is 12.6. The van der Waals surface area contributed by atoms with Crippen LogP contribution in [0, 0.1) is 6.92 Å². The quantitative estimate of drug-likeness (QED) is 0.529.